The lowest BCUT2D eigenvalue weighted by Gasteiger charge is -2.27. The number of ether oxygens (including phenoxy) is 1. The minimum absolute atomic E-state index is 0.0425. The quantitative estimate of drug-likeness (QED) is 0.474. The highest BCUT2D eigenvalue weighted by atomic mass is 16.5. The molecule has 2 aliphatic heterocycles. The number of amides is 1. The number of carbonyl (C=O) groups is 1. The molecule has 0 aliphatic carbocycles. The molecule has 4 aromatic rings. The van der Waals surface area contributed by atoms with E-state index in [2.05, 4.69) is 24.4 Å². The van der Waals surface area contributed by atoms with Gasteiger partial charge in [-0.3, -0.25) is 4.79 Å². The summed E-state index contributed by atoms with van der Waals surface area (Å²) in [6.45, 7) is 3.94. The molecule has 0 bridgehead atoms. The first-order valence-corrected chi connectivity index (χ1v) is 11.7. The summed E-state index contributed by atoms with van der Waals surface area (Å²) in [6.07, 6.45) is 5.93. The Kier molecular flexibility index (Phi) is 5.45. The smallest absolute Gasteiger partial charge is 0.253 e. The Morgan fingerprint density at radius 2 is 1.77 bits per heavy atom. The molecule has 35 heavy (non-hydrogen) atoms. The van der Waals surface area contributed by atoms with Gasteiger partial charge in [-0.1, -0.05) is 18.2 Å². The third-order valence-electron chi connectivity index (χ3n) is 6.51. The number of hydrogen-bond acceptors (Lipinski definition) is 9. The molecular weight excluding hydrogens is 446 g/mol. The number of nitrogens with two attached hydrogens (primary N) is 1. The van der Waals surface area contributed by atoms with Crippen molar-refractivity contribution in [1.29, 1.82) is 0 Å². The van der Waals surface area contributed by atoms with Crippen LogP contribution in [0.25, 0.3) is 22.4 Å². The zero-order valence-corrected chi connectivity index (χ0v) is 19.1. The van der Waals surface area contributed by atoms with Gasteiger partial charge in [0.2, 0.25) is 11.9 Å². The van der Waals surface area contributed by atoms with Crippen LogP contribution in [0, 0.1) is 0 Å². The largest absolute Gasteiger partial charge is 0.378 e. The highest BCUT2D eigenvalue weighted by Gasteiger charge is 2.30. The van der Waals surface area contributed by atoms with Gasteiger partial charge in [-0.2, -0.15) is 4.98 Å². The lowest BCUT2D eigenvalue weighted by atomic mass is 10.2. The topological polar surface area (TPSA) is 128 Å². The van der Waals surface area contributed by atoms with Crippen molar-refractivity contribution in [2.45, 2.75) is 12.5 Å². The van der Waals surface area contributed by atoms with Crippen LogP contribution in [0.1, 0.15) is 22.8 Å². The molecule has 178 valence electrons. The van der Waals surface area contributed by atoms with Gasteiger partial charge in [0, 0.05) is 49.7 Å². The maximum Gasteiger partial charge on any atom is 0.253 e. The predicted molar refractivity (Wildman–Crippen MR) is 130 cm³/mol. The molecule has 5 heterocycles. The number of likely N-dealkylation sites (tertiary alicyclic amines) is 1. The van der Waals surface area contributed by atoms with Gasteiger partial charge in [0.25, 0.3) is 5.91 Å². The molecule has 11 heteroatoms. The summed E-state index contributed by atoms with van der Waals surface area (Å²) < 4.78 is 7.58. The number of nitrogens with zero attached hydrogens (tertiary/aromatic N) is 8. The van der Waals surface area contributed by atoms with E-state index in [1.54, 1.807) is 18.7 Å². The van der Waals surface area contributed by atoms with Gasteiger partial charge in [0.1, 0.15) is 11.2 Å². The van der Waals surface area contributed by atoms with E-state index in [1.165, 1.54) is 0 Å². The number of anilines is 2. The summed E-state index contributed by atoms with van der Waals surface area (Å²) in [5.74, 6) is 0.859. The van der Waals surface area contributed by atoms with Crippen LogP contribution in [0.3, 0.4) is 0 Å². The molecular formula is C24H25N9O2. The summed E-state index contributed by atoms with van der Waals surface area (Å²) >= 11 is 0. The van der Waals surface area contributed by atoms with Gasteiger partial charge in [-0.25, -0.2) is 19.9 Å². The van der Waals surface area contributed by atoms with E-state index in [0.29, 0.717) is 62.1 Å². The molecule has 2 aliphatic rings. The van der Waals surface area contributed by atoms with E-state index in [9.17, 15) is 4.79 Å². The van der Waals surface area contributed by atoms with Crippen LogP contribution in [-0.4, -0.2) is 79.7 Å². The lowest BCUT2D eigenvalue weighted by molar-refractivity contribution is 0.0788. The molecule has 1 unspecified atom stereocenters. The Morgan fingerprint density at radius 1 is 1.00 bits per heavy atom. The fourth-order valence-electron chi connectivity index (χ4n) is 4.66. The van der Waals surface area contributed by atoms with Gasteiger partial charge >= 0.3 is 0 Å². The number of morpholine rings is 1. The minimum Gasteiger partial charge on any atom is -0.378 e. The van der Waals surface area contributed by atoms with Crippen LogP contribution < -0.4 is 10.6 Å². The number of nitrogen functional groups attached to an aromatic ring is 1. The van der Waals surface area contributed by atoms with Gasteiger partial charge in [0.15, 0.2) is 5.65 Å². The molecule has 2 saturated heterocycles. The van der Waals surface area contributed by atoms with Crippen LogP contribution >= 0.6 is 0 Å². The first-order valence-electron chi connectivity index (χ1n) is 11.7. The van der Waals surface area contributed by atoms with Crippen LogP contribution in [0.4, 0.5) is 11.9 Å². The van der Waals surface area contributed by atoms with E-state index in [1.807, 2.05) is 35.2 Å². The molecule has 11 nitrogen and oxygen atoms in total. The van der Waals surface area contributed by atoms with Crippen LogP contribution in [0.2, 0.25) is 0 Å². The second kappa shape index (κ2) is 8.91. The van der Waals surface area contributed by atoms with Crippen molar-refractivity contribution in [1.82, 2.24) is 34.4 Å². The highest BCUT2D eigenvalue weighted by molar-refractivity contribution is 5.94. The minimum atomic E-state index is 0.0425. The van der Waals surface area contributed by atoms with Crippen LogP contribution in [-0.2, 0) is 4.74 Å². The number of rotatable bonds is 4. The SMILES string of the molecule is Nc1ncc(-c2nc(N3CCOCC3)nc3c2ncn3C2CCN(C(=O)c3ccccc3)C2)cn1. The molecule has 1 amide bonds. The number of hydrogen-bond donors (Lipinski definition) is 1. The second-order valence-electron chi connectivity index (χ2n) is 8.69. The third-order valence-corrected chi connectivity index (χ3v) is 6.51. The Bertz CT molecular complexity index is 1350. The van der Waals surface area contributed by atoms with Gasteiger partial charge < -0.3 is 24.8 Å². The number of fused-ring (bicyclic) bond motifs is 1. The summed E-state index contributed by atoms with van der Waals surface area (Å²) in [7, 11) is 0. The van der Waals surface area contributed by atoms with Crippen LogP contribution in [0.15, 0.2) is 49.1 Å². The second-order valence-corrected chi connectivity index (χ2v) is 8.69. The summed E-state index contributed by atoms with van der Waals surface area (Å²) in [5.41, 5.74) is 9.18. The molecule has 0 spiro atoms. The van der Waals surface area contributed by atoms with Crippen LogP contribution in [0.5, 0.6) is 0 Å². The van der Waals surface area contributed by atoms with Gasteiger partial charge in [-0.15, -0.1) is 0 Å². The van der Waals surface area contributed by atoms with E-state index in [-0.39, 0.29) is 17.9 Å². The predicted octanol–water partition coefficient (Wildman–Crippen LogP) is 1.79. The summed E-state index contributed by atoms with van der Waals surface area (Å²) in [5, 5.41) is 0. The molecule has 3 aromatic heterocycles. The van der Waals surface area contributed by atoms with E-state index >= 15 is 0 Å². The normalized spacial score (nSPS) is 18.3. The van der Waals surface area contributed by atoms with Crippen molar-refractivity contribution >= 4 is 29.0 Å². The van der Waals surface area contributed by atoms with Crippen molar-refractivity contribution < 1.29 is 9.53 Å². The fourth-order valence-corrected chi connectivity index (χ4v) is 4.66. The molecule has 0 radical (unpaired) electrons. The zero-order valence-electron chi connectivity index (χ0n) is 19.1. The zero-order chi connectivity index (χ0) is 23.8. The fraction of sp³-hybridized carbons (Fsp3) is 0.333. The lowest BCUT2D eigenvalue weighted by Crippen LogP contribution is -2.37. The van der Waals surface area contributed by atoms with Crippen molar-refractivity contribution in [3.63, 3.8) is 0 Å². The first-order chi connectivity index (χ1) is 17.2. The number of aromatic nitrogens is 6. The molecule has 1 atom stereocenters. The number of carbonyl (C=O) groups excluding carboxylic acids is 1. The Morgan fingerprint density at radius 3 is 2.54 bits per heavy atom. The number of benzene rings is 1. The average Bonchev–Trinajstić information content (AvgIpc) is 3.57. The maximum atomic E-state index is 13.0. The number of imidazole rings is 1. The Labute approximate surface area is 201 Å². The standard InChI is InChI=1S/C24H25N9O2/c25-23-26-12-17(13-27-23)19-20-21(30-24(29-19)31-8-10-35-11-9-31)33(15-28-20)18-6-7-32(14-18)22(34)16-4-2-1-3-5-16/h1-5,12-13,15,18H,6-11,14H2,(H2,25,26,27). The maximum absolute atomic E-state index is 13.0. The van der Waals surface area contributed by atoms with E-state index in [4.69, 9.17) is 20.4 Å². The van der Waals surface area contributed by atoms with Gasteiger partial charge in [0.05, 0.1) is 25.6 Å². The highest BCUT2D eigenvalue weighted by Crippen LogP contribution is 2.31. The molecule has 1 aromatic carbocycles. The third kappa shape index (κ3) is 4.03. The van der Waals surface area contributed by atoms with E-state index < -0.39 is 0 Å². The van der Waals surface area contributed by atoms with E-state index in [0.717, 1.165) is 17.6 Å². The summed E-state index contributed by atoms with van der Waals surface area (Å²) in [6, 6.07) is 9.45. The Hall–Kier alpha value is -4.12. The molecule has 0 saturated carbocycles. The Balaban J connectivity index is 1.38. The first kappa shape index (κ1) is 21.4. The van der Waals surface area contributed by atoms with Crippen molar-refractivity contribution in [2.75, 3.05) is 50.0 Å². The molecule has 2 N–H and O–H groups in total. The van der Waals surface area contributed by atoms with Gasteiger partial charge in [-0.05, 0) is 18.6 Å². The molecule has 2 fully saturated rings. The molecule has 6 rings (SSSR count). The summed E-state index contributed by atoms with van der Waals surface area (Å²) in [4.78, 5) is 39.7. The van der Waals surface area contributed by atoms with Crippen molar-refractivity contribution in [3.8, 4) is 11.3 Å². The van der Waals surface area contributed by atoms with Crippen molar-refractivity contribution in [2.24, 2.45) is 0 Å². The monoisotopic (exact) mass is 471 g/mol. The van der Waals surface area contributed by atoms with Crippen molar-refractivity contribution in [3.05, 3.63) is 54.6 Å². The average molecular weight is 472 g/mol.